The highest BCUT2D eigenvalue weighted by molar-refractivity contribution is 5.88. The highest BCUT2D eigenvalue weighted by Gasteiger charge is 2.20. The molecule has 0 radical (unpaired) electrons. The SMILES string of the molecule is CC(C)=CCOc1ccc(-c2cc(=O)c3c(O)c(CC=C(C)C)c(OCC=C(C)C)cc3o2)c(OCC=C(C)C)c1. The maximum atomic E-state index is 13.4. The van der Waals surface area contributed by atoms with E-state index in [2.05, 4.69) is 0 Å². The minimum Gasteiger partial charge on any atom is -0.507 e. The molecule has 2 aromatic carbocycles. The molecule has 0 saturated carbocycles. The largest absolute Gasteiger partial charge is 0.507 e. The van der Waals surface area contributed by atoms with E-state index in [-0.39, 0.29) is 22.1 Å². The number of hydrogen-bond acceptors (Lipinski definition) is 6. The van der Waals surface area contributed by atoms with Crippen LogP contribution in [0.1, 0.15) is 61.0 Å². The molecule has 6 nitrogen and oxygen atoms in total. The molecule has 0 saturated heterocycles. The van der Waals surface area contributed by atoms with Crippen LogP contribution in [0.15, 0.2) is 86.1 Å². The Bertz CT molecular complexity index is 1550. The number of rotatable bonds is 12. The molecule has 0 unspecified atom stereocenters. The van der Waals surface area contributed by atoms with Gasteiger partial charge in [-0.1, -0.05) is 28.4 Å². The first-order chi connectivity index (χ1) is 19.5. The summed E-state index contributed by atoms with van der Waals surface area (Å²) in [4.78, 5) is 13.4. The molecule has 3 rings (SSSR count). The van der Waals surface area contributed by atoms with Crippen LogP contribution in [0.3, 0.4) is 0 Å². The summed E-state index contributed by atoms with van der Waals surface area (Å²) < 4.78 is 24.3. The topological polar surface area (TPSA) is 78.1 Å². The number of hydrogen-bond donors (Lipinski definition) is 1. The third-order valence-corrected chi connectivity index (χ3v) is 6.19. The maximum Gasteiger partial charge on any atom is 0.197 e. The molecule has 218 valence electrons. The first-order valence-corrected chi connectivity index (χ1v) is 13.8. The van der Waals surface area contributed by atoms with E-state index in [0.717, 1.165) is 22.3 Å². The molecule has 1 N–H and O–H groups in total. The zero-order valence-electron chi connectivity index (χ0n) is 25.5. The second-order valence-electron chi connectivity index (χ2n) is 11.0. The fraction of sp³-hybridized carbons (Fsp3) is 0.343. The van der Waals surface area contributed by atoms with Gasteiger partial charge in [0.05, 0.1) is 5.56 Å². The normalized spacial score (nSPS) is 10.5. The molecule has 0 aliphatic rings. The van der Waals surface area contributed by atoms with Crippen molar-refractivity contribution in [3.05, 3.63) is 92.7 Å². The summed E-state index contributed by atoms with van der Waals surface area (Å²) in [6.45, 7) is 17.1. The van der Waals surface area contributed by atoms with Crippen LogP contribution in [0.4, 0.5) is 0 Å². The lowest BCUT2D eigenvalue weighted by molar-refractivity contribution is 0.344. The molecule has 3 aromatic rings. The van der Waals surface area contributed by atoms with Gasteiger partial charge in [0.1, 0.15) is 59.5 Å². The molecule has 1 heterocycles. The first kappa shape index (κ1) is 31.3. The molecular weight excluding hydrogens is 516 g/mol. The standard InChI is InChI=1S/C35H42O6/c1-22(2)9-11-28-31(40-18-15-25(7)8)21-33-34(35(28)37)29(36)20-32(41-33)27-12-10-26(38-16-13-23(3)4)19-30(27)39-17-14-24(5)6/h9-10,12-15,19-21,37H,11,16-18H2,1-8H3. The first-order valence-electron chi connectivity index (χ1n) is 13.8. The summed E-state index contributed by atoms with van der Waals surface area (Å²) in [7, 11) is 0. The molecule has 0 bridgehead atoms. The predicted octanol–water partition coefficient (Wildman–Crippen LogP) is 8.71. The Morgan fingerprint density at radius 3 is 1.88 bits per heavy atom. The smallest absolute Gasteiger partial charge is 0.197 e. The van der Waals surface area contributed by atoms with Crippen LogP contribution in [-0.2, 0) is 6.42 Å². The number of ether oxygens (including phenoxy) is 3. The van der Waals surface area contributed by atoms with Crippen LogP contribution < -0.4 is 19.6 Å². The van der Waals surface area contributed by atoms with Crippen molar-refractivity contribution in [1.29, 1.82) is 0 Å². The van der Waals surface area contributed by atoms with Crippen molar-refractivity contribution in [3.63, 3.8) is 0 Å². The van der Waals surface area contributed by atoms with Crippen LogP contribution in [0.25, 0.3) is 22.3 Å². The van der Waals surface area contributed by atoms with E-state index < -0.39 is 0 Å². The second-order valence-corrected chi connectivity index (χ2v) is 11.0. The number of benzene rings is 2. The molecule has 0 spiro atoms. The van der Waals surface area contributed by atoms with Gasteiger partial charge in [-0.3, -0.25) is 4.79 Å². The molecular formula is C35H42O6. The van der Waals surface area contributed by atoms with Gasteiger partial charge in [0, 0.05) is 23.8 Å². The zero-order chi connectivity index (χ0) is 30.1. The Kier molecular flexibility index (Phi) is 11.0. The van der Waals surface area contributed by atoms with E-state index in [4.69, 9.17) is 18.6 Å². The summed E-state index contributed by atoms with van der Waals surface area (Å²) in [6, 6.07) is 8.51. The minimum atomic E-state index is -0.354. The molecule has 0 aliphatic heterocycles. The summed E-state index contributed by atoms with van der Waals surface area (Å²) in [6.07, 6.45) is 8.33. The highest BCUT2D eigenvalue weighted by Crippen LogP contribution is 2.39. The highest BCUT2D eigenvalue weighted by atomic mass is 16.5. The van der Waals surface area contributed by atoms with Crippen LogP contribution in [0.5, 0.6) is 23.0 Å². The Morgan fingerprint density at radius 1 is 0.732 bits per heavy atom. The van der Waals surface area contributed by atoms with Gasteiger partial charge in [-0.25, -0.2) is 0 Å². The van der Waals surface area contributed by atoms with Gasteiger partial charge in [0.2, 0.25) is 0 Å². The van der Waals surface area contributed by atoms with Crippen LogP contribution >= 0.6 is 0 Å². The molecule has 0 aliphatic carbocycles. The predicted molar refractivity (Wildman–Crippen MR) is 167 cm³/mol. The van der Waals surface area contributed by atoms with Crippen molar-refractivity contribution in [1.82, 2.24) is 0 Å². The third kappa shape index (κ3) is 8.90. The van der Waals surface area contributed by atoms with E-state index in [1.807, 2.05) is 91.8 Å². The monoisotopic (exact) mass is 558 g/mol. The summed E-state index contributed by atoms with van der Waals surface area (Å²) in [5, 5.41) is 11.4. The Hall–Kier alpha value is -4.19. The molecule has 6 heteroatoms. The van der Waals surface area contributed by atoms with Crippen molar-refractivity contribution in [2.75, 3.05) is 19.8 Å². The van der Waals surface area contributed by atoms with E-state index in [1.54, 1.807) is 12.1 Å². The second kappa shape index (κ2) is 14.4. The van der Waals surface area contributed by atoms with Gasteiger partial charge in [-0.15, -0.1) is 0 Å². The maximum absolute atomic E-state index is 13.4. The number of fused-ring (bicyclic) bond motifs is 1. The lowest BCUT2D eigenvalue weighted by Crippen LogP contribution is -2.06. The third-order valence-electron chi connectivity index (χ3n) is 6.19. The Morgan fingerprint density at radius 2 is 1.29 bits per heavy atom. The van der Waals surface area contributed by atoms with E-state index in [0.29, 0.717) is 60.4 Å². The fourth-order valence-corrected chi connectivity index (χ4v) is 3.90. The van der Waals surface area contributed by atoms with Gasteiger partial charge in [0.25, 0.3) is 0 Å². The molecule has 0 amide bonds. The van der Waals surface area contributed by atoms with E-state index in [9.17, 15) is 9.90 Å². The van der Waals surface area contributed by atoms with Gasteiger partial charge in [-0.05, 0) is 92.2 Å². The molecule has 0 fully saturated rings. The van der Waals surface area contributed by atoms with Crippen molar-refractivity contribution in [2.24, 2.45) is 0 Å². The van der Waals surface area contributed by atoms with Crippen molar-refractivity contribution >= 4 is 11.0 Å². The van der Waals surface area contributed by atoms with Crippen LogP contribution in [-0.4, -0.2) is 24.9 Å². The zero-order valence-corrected chi connectivity index (χ0v) is 25.5. The van der Waals surface area contributed by atoms with Crippen LogP contribution in [0, 0.1) is 0 Å². The molecule has 41 heavy (non-hydrogen) atoms. The summed E-state index contributed by atoms with van der Waals surface area (Å²) >= 11 is 0. The molecule has 0 atom stereocenters. The van der Waals surface area contributed by atoms with Gasteiger partial charge in [-0.2, -0.15) is 0 Å². The Balaban J connectivity index is 2.15. The fourth-order valence-electron chi connectivity index (χ4n) is 3.90. The Labute approximate surface area is 243 Å². The number of aromatic hydroxyl groups is 1. The number of phenols is 1. The number of phenolic OH excluding ortho intramolecular Hbond substituents is 1. The quantitative estimate of drug-likeness (QED) is 0.224. The number of allylic oxidation sites excluding steroid dienone is 5. The van der Waals surface area contributed by atoms with Gasteiger partial charge >= 0.3 is 0 Å². The van der Waals surface area contributed by atoms with Gasteiger partial charge < -0.3 is 23.7 Å². The summed E-state index contributed by atoms with van der Waals surface area (Å²) in [5.41, 5.74) is 5.52. The molecule has 1 aromatic heterocycles. The van der Waals surface area contributed by atoms with Crippen molar-refractivity contribution < 1.29 is 23.7 Å². The van der Waals surface area contributed by atoms with E-state index >= 15 is 0 Å². The summed E-state index contributed by atoms with van der Waals surface area (Å²) in [5.74, 6) is 1.81. The van der Waals surface area contributed by atoms with Crippen LogP contribution in [0.2, 0.25) is 0 Å². The van der Waals surface area contributed by atoms with Crippen molar-refractivity contribution in [2.45, 2.75) is 61.8 Å². The average Bonchev–Trinajstić information content (AvgIpc) is 2.87. The van der Waals surface area contributed by atoms with E-state index in [1.165, 1.54) is 6.07 Å². The van der Waals surface area contributed by atoms with Gasteiger partial charge in [0.15, 0.2) is 5.43 Å². The lowest BCUT2D eigenvalue weighted by Gasteiger charge is -2.15. The lowest BCUT2D eigenvalue weighted by atomic mass is 10.0. The van der Waals surface area contributed by atoms with Crippen molar-refractivity contribution in [3.8, 4) is 34.3 Å². The minimum absolute atomic E-state index is 0.120. The average molecular weight is 559 g/mol.